The van der Waals surface area contributed by atoms with Gasteiger partial charge in [0.1, 0.15) is 11.5 Å². The third-order valence-corrected chi connectivity index (χ3v) is 4.72. The molecule has 0 N–H and O–H groups in total. The predicted molar refractivity (Wildman–Crippen MR) is 95.3 cm³/mol. The summed E-state index contributed by atoms with van der Waals surface area (Å²) in [5.74, 6) is 3.27. The molecular weight excluding hydrogens is 318 g/mol. The van der Waals surface area contributed by atoms with Crippen LogP contribution in [0.4, 0.5) is 0 Å². The number of carbonyl (C=O) groups is 1. The van der Waals surface area contributed by atoms with Crippen LogP contribution in [0.3, 0.4) is 0 Å². The lowest BCUT2D eigenvalue weighted by Crippen LogP contribution is -2.38. The summed E-state index contributed by atoms with van der Waals surface area (Å²) < 4.78 is 16.2. The van der Waals surface area contributed by atoms with Crippen LogP contribution in [0, 0.1) is 12.8 Å². The van der Waals surface area contributed by atoms with E-state index in [9.17, 15) is 4.79 Å². The van der Waals surface area contributed by atoms with Crippen LogP contribution < -0.4 is 9.47 Å². The molecule has 0 spiro atoms. The van der Waals surface area contributed by atoms with E-state index in [-0.39, 0.29) is 11.7 Å². The number of benzene rings is 1. The molecule has 0 radical (unpaired) electrons. The van der Waals surface area contributed by atoms with Crippen molar-refractivity contribution in [2.75, 3.05) is 27.3 Å². The van der Waals surface area contributed by atoms with Gasteiger partial charge in [0.15, 0.2) is 17.3 Å². The second-order valence-corrected chi connectivity index (χ2v) is 6.52. The number of likely N-dealkylation sites (tertiary alicyclic amines) is 1. The lowest BCUT2D eigenvalue weighted by atomic mass is 9.90. The van der Waals surface area contributed by atoms with Crippen molar-refractivity contribution in [3.05, 3.63) is 47.4 Å². The second-order valence-electron chi connectivity index (χ2n) is 6.52. The number of ketones is 1. The number of hydrogen-bond acceptors (Lipinski definition) is 5. The topological polar surface area (TPSA) is 51.9 Å². The Hall–Kier alpha value is -2.27. The van der Waals surface area contributed by atoms with E-state index in [4.69, 9.17) is 13.9 Å². The molecule has 5 heteroatoms. The van der Waals surface area contributed by atoms with Gasteiger partial charge in [-0.2, -0.15) is 0 Å². The maximum Gasteiger partial charge on any atom is 0.167 e. The van der Waals surface area contributed by atoms with Crippen molar-refractivity contribution in [2.24, 2.45) is 5.92 Å². The van der Waals surface area contributed by atoms with Gasteiger partial charge < -0.3 is 13.9 Å². The molecule has 25 heavy (non-hydrogen) atoms. The van der Waals surface area contributed by atoms with Crippen molar-refractivity contribution >= 4 is 5.78 Å². The van der Waals surface area contributed by atoms with Crippen molar-refractivity contribution in [3.8, 4) is 11.5 Å². The van der Waals surface area contributed by atoms with Crippen LogP contribution in [0.5, 0.6) is 11.5 Å². The van der Waals surface area contributed by atoms with Gasteiger partial charge in [0.2, 0.25) is 0 Å². The largest absolute Gasteiger partial charge is 0.493 e. The molecule has 0 amide bonds. The average molecular weight is 343 g/mol. The molecule has 1 aromatic carbocycles. The molecule has 0 aliphatic carbocycles. The van der Waals surface area contributed by atoms with Gasteiger partial charge in [-0.15, -0.1) is 0 Å². The third-order valence-electron chi connectivity index (χ3n) is 4.72. The van der Waals surface area contributed by atoms with Gasteiger partial charge in [0.05, 0.1) is 20.8 Å². The van der Waals surface area contributed by atoms with Crippen molar-refractivity contribution in [1.29, 1.82) is 0 Å². The van der Waals surface area contributed by atoms with Gasteiger partial charge in [-0.1, -0.05) is 0 Å². The smallest absolute Gasteiger partial charge is 0.167 e. The Labute approximate surface area is 148 Å². The molecule has 1 aliphatic rings. The number of Topliss-reactive ketones (excluding diaryl/α,β-unsaturated/α-hetero) is 1. The van der Waals surface area contributed by atoms with E-state index < -0.39 is 0 Å². The van der Waals surface area contributed by atoms with Crippen molar-refractivity contribution in [1.82, 2.24) is 4.90 Å². The Morgan fingerprint density at radius 3 is 2.68 bits per heavy atom. The summed E-state index contributed by atoms with van der Waals surface area (Å²) in [5.41, 5.74) is 0.679. The van der Waals surface area contributed by atoms with E-state index in [2.05, 4.69) is 4.90 Å². The van der Waals surface area contributed by atoms with Crippen LogP contribution in [-0.4, -0.2) is 38.0 Å². The minimum absolute atomic E-state index is 0.00269. The Bertz CT molecular complexity index is 737. The fraction of sp³-hybridized carbons (Fsp3) is 0.450. The summed E-state index contributed by atoms with van der Waals surface area (Å²) in [5, 5.41) is 0. The van der Waals surface area contributed by atoms with E-state index in [1.54, 1.807) is 26.4 Å². The zero-order valence-electron chi connectivity index (χ0n) is 15.1. The van der Waals surface area contributed by atoms with E-state index in [0.29, 0.717) is 17.1 Å². The van der Waals surface area contributed by atoms with E-state index >= 15 is 0 Å². The highest BCUT2D eigenvalue weighted by Crippen LogP contribution is 2.30. The highest BCUT2D eigenvalue weighted by Gasteiger charge is 2.27. The molecule has 0 saturated carbocycles. The molecule has 5 nitrogen and oxygen atoms in total. The van der Waals surface area contributed by atoms with Crippen LogP contribution in [-0.2, 0) is 6.54 Å². The number of carbonyl (C=O) groups excluding carboxylic acids is 1. The number of piperidine rings is 1. The van der Waals surface area contributed by atoms with Crippen molar-refractivity contribution in [3.63, 3.8) is 0 Å². The average Bonchev–Trinajstić information content (AvgIpc) is 3.05. The molecule has 1 aromatic heterocycles. The number of furan rings is 1. The number of ether oxygens (including phenoxy) is 2. The monoisotopic (exact) mass is 343 g/mol. The van der Waals surface area contributed by atoms with Crippen LogP contribution in [0.15, 0.2) is 34.7 Å². The molecule has 1 atom stereocenters. The van der Waals surface area contributed by atoms with Gasteiger partial charge in [-0.25, -0.2) is 0 Å². The molecule has 1 aliphatic heterocycles. The molecule has 1 saturated heterocycles. The summed E-state index contributed by atoms with van der Waals surface area (Å²) in [6.07, 6.45) is 1.93. The van der Waals surface area contributed by atoms with Crippen LogP contribution >= 0.6 is 0 Å². The number of rotatable bonds is 6. The Morgan fingerprint density at radius 2 is 2.00 bits per heavy atom. The molecule has 2 heterocycles. The summed E-state index contributed by atoms with van der Waals surface area (Å²) in [4.78, 5) is 15.2. The lowest BCUT2D eigenvalue weighted by molar-refractivity contribution is 0.0802. The fourth-order valence-electron chi connectivity index (χ4n) is 3.43. The maximum absolute atomic E-state index is 12.9. The summed E-state index contributed by atoms with van der Waals surface area (Å²) in [7, 11) is 3.18. The highest BCUT2D eigenvalue weighted by atomic mass is 16.5. The molecular formula is C20H25NO4. The van der Waals surface area contributed by atoms with Crippen LogP contribution in [0.1, 0.15) is 34.7 Å². The molecule has 2 aromatic rings. The van der Waals surface area contributed by atoms with Gasteiger partial charge in [0.25, 0.3) is 0 Å². The van der Waals surface area contributed by atoms with E-state index in [1.165, 1.54) is 0 Å². The number of nitrogens with zero attached hydrogens (tertiary/aromatic N) is 1. The highest BCUT2D eigenvalue weighted by molar-refractivity contribution is 5.98. The zero-order chi connectivity index (χ0) is 17.8. The number of hydrogen-bond donors (Lipinski definition) is 0. The van der Waals surface area contributed by atoms with Crippen LogP contribution in [0.25, 0.3) is 0 Å². The third kappa shape index (κ3) is 4.04. The first-order chi connectivity index (χ1) is 12.1. The Morgan fingerprint density at radius 1 is 1.20 bits per heavy atom. The number of aryl methyl sites for hydroxylation is 1. The van der Waals surface area contributed by atoms with Gasteiger partial charge >= 0.3 is 0 Å². The van der Waals surface area contributed by atoms with Gasteiger partial charge in [0, 0.05) is 18.0 Å². The molecule has 0 unspecified atom stereocenters. The quantitative estimate of drug-likeness (QED) is 0.749. The number of methoxy groups -OCH3 is 2. The molecule has 134 valence electrons. The molecule has 1 fully saturated rings. The van der Waals surface area contributed by atoms with Gasteiger partial charge in [-0.05, 0) is 56.6 Å². The van der Waals surface area contributed by atoms with Gasteiger partial charge in [-0.3, -0.25) is 9.69 Å². The SMILES string of the molecule is COc1ccc(C(=O)[C@H]2CCCN(Cc3ccc(C)o3)C2)cc1OC. The predicted octanol–water partition coefficient (Wildman–Crippen LogP) is 3.70. The first-order valence-corrected chi connectivity index (χ1v) is 8.64. The fourth-order valence-corrected chi connectivity index (χ4v) is 3.43. The molecule has 3 rings (SSSR count). The first kappa shape index (κ1) is 17.5. The maximum atomic E-state index is 12.9. The second kappa shape index (κ2) is 7.74. The normalized spacial score (nSPS) is 18.1. The molecule has 0 bridgehead atoms. The van der Waals surface area contributed by atoms with E-state index in [1.807, 2.05) is 25.1 Å². The Kier molecular flexibility index (Phi) is 5.43. The first-order valence-electron chi connectivity index (χ1n) is 8.64. The summed E-state index contributed by atoms with van der Waals surface area (Å²) >= 11 is 0. The minimum Gasteiger partial charge on any atom is -0.493 e. The summed E-state index contributed by atoms with van der Waals surface area (Å²) in [6.45, 7) is 4.45. The minimum atomic E-state index is 0.00269. The van der Waals surface area contributed by atoms with Crippen molar-refractivity contribution < 1.29 is 18.7 Å². The van der Waals surface area contributed by atoms with Crippen molar-refractivity contribution in [2.45, 2.75) is 26.3 Å². The zero-order valence-corrected chi connectivity index (χ0v) is 15.1. The summed E-state index contributed by atoms with van der Waals surface area (Å²) in [6, 6.07) is 9.37. The Balaban J connectivity index is 1.69. The van der Waals surface area contributed by atoms with E-state index in [0.717, 1.165) is 44.0 Å². The van der Waals surface area contributed by atoms with Crippen LogP contribution in [0.2, 0.25) is 0 Å². The standard InChI is InChI=1S/C20H25NO4/c1-14-6-8-17(25-14)13-21-10-4-5-16(12-21)20(22)15-7-9-18(23-2)19(11-15)24-3/h6-9,11,16H,4-5,10,12-13H2,1-3H3/t16-/m0/s1. The lowest BCUT2D eigenvalue weighted by Gasteiger charge is -2.31.